The van der Waals surface area contributed by atoms with Gasteiger partial charge >= 0.3 is 23.9 Å². The van der Waals surface area contributed by atoms with E-state index >= 15 is 0 Å². The number of carboxylic acid groups (broad SMARTS) is 1. The molecule has 5 rings (SSSR count). The van der Waals surface area contributed by atoms with Gasteiger partial charge in [-0.3, -0.25) is 19.2 Å². The van der Waals surface area contributed by atoms with Gasteiger partial charge in [-0.1, -0.05) is 12.1 Å². The van der Waals surface area contributed by atoms with Crippen molar-refractivity contribution >= 4 is 29.8 Å². The average molecular weight is 631 g/mol. The number of ether oxygens (including phenoxy) is 4. The second-order valence-electron chi connectivity index (χ2n) is 12.2. The van der Waals surface area contributed by atoms with Crippen LogP contribution in [0.1, 0.15) is 63.1 Å². The minimum Gasteiger partial charge on any atom is -0.481 e. The van der Waals surface area contributed by atoms with E-state index in [2.05, 4.69) is 10.2 Å². The van der Waals surface area contributed by atoms with Gasteiger partial charge in [0, 0.05) is 30.5 Å². The highest BCUT2D eigenvalue weighted by atomic mass is 16.6. The van der Waals surface area contributed by atoms with Gasteiger partial charge in [-0.25, -0.2) is 4.79 Å². The molecule has 14 heteroatoms. The number of carboxylic acids is 1. The molecule has 7 atom stereocenters. The Bertz CT molecular complexity index is 1460. The number of hydrogen-bond donors (Lipinski definition) is 4. The Morgan fingerprint density at radius 2 is 1.91 bits per heavy atom. The molecule has 0 saturated carbocycles. The molecule has 1 amide bonds. The van der Waals surface area contributed by atoms with E-state index in [1.165, 1.54) is 13.8 Å². The van der Waals surface area contributed by atoms with Gasteiger partial charge in [-0.15, -0.1) is 0 Å². The van der Waals surface area contributed by atoms with E-state index in [-0.39, 0.29) is 24.8 Å². The summed E-state index contributed by atoms with van der Waals surface area (Å²) in [6.07, 6.45) is -1.28. The lowest BCUT2D eigenvalue weighted by Crippen LogP contribution is -2.69. The SMILES string of the molecule is CC(=O)O[C@@H](CC(=O)OC1=CC[C@@]2(O)[C@H]3Cc4ccc(CO)c5c4[C@@]2(CCCN3C)[C@H]1O5)C(=O)O[C@@H](C)C(=O)N[C@@H](C)C(=O)O. The standard InChI is InChI=1S/C31H38N2O12/c1-15(28(38)39)32-27(37)16(2)42-29(40)21(43-17(3)35)13-23(36)44-20-8-10-31(41)22-12-18-6-7-19(14-34)25-24(18)30(31,26(20)45-25)9-5-11-33(22)4/h6-8,15-16,21-22,26,34,41H,5,9-14H2,1-4H3,(H,32,37)(H,38,39)/t15-,16-,21-,22+,26-,30-,31+/m0/s1. The lowest BCUT2D eigenvalue weighted by molar-refractivity contribution is -0.175. The van der Waals surface area contributed by atoms with Crippen molar-refractivity contribution in [2.75, 3.05) is 13.6 Å². The number of nitrogens with one attached hydrogen (secondary N) is 1. The average Bonchev–Trinajstić information content (AvgIpc) is 3.31. The first-order valence-electron chi connectivity index (χ1n) is 14.9. The number of likely N-dealkylation sites (N-methyl/N-ethyl adjacent to an activating group) is 1. The lowest BCUT2D eigenvalue weighted by Gasteiger charge is -2.56. The summed E-state index contributed by atoms with van der Waals surface area (Å²) in [5, 5.41) is 33.7. The number of esters is 3. The summed E-state index contributed by atoms with van der Waals surface area (Å²) in [5.41, 5.74) is 0.139. The summed E-state index contributed by atoms with van der Waals surface area (Å²) in [4.78, 5) is 63.4. The number of carbonyl (C=O) groups is 5. The molecule has 1 aromatic rings. The largest absolute Gasteiger partial charge is 0.481 e. The van der Waals surface area contributed by atoms with Gasteiger partial charge in [0.05, 0.1) is 24.0 Å². The zero-order valence-electron chi connectivity index (χ0n) is 25.5. The van der Waals surface area contributed by atoms with E-state index in [0.29, 0.717) is 24.2 Å². The van der Waals surface area contributed by atoms with Gasteiger partial charge < -0.3 is 44.5 Å². The van der Waals surface area contributed by atoms with E-state index in [4.69, 9.17) is 24.1 Å². The number of aliphatic hydroxyl groups excluding tert-OH is 1. The molecule has 0 unspecified atom stereocenters. The fraction of sp³-hybridized carbons (Fsp3) is 0.581. The van der Waals surface area contributed by atoms with Crippen LogP contribution in [0, 0.1) is 0 Å². The maximum absolute atomic E-state index is 13.3. The summed E-state index contributed by atoms with van der Waals surface area (Å²) < 4.78 is 22.4. The smallest absolute Gasteiger partial charge is 0.348 e. The topological polar surface area (TPSA) is 198 Å². The number of likely N-dealkylation sites (tertiary alicyclic amines) is 1. The van der Waals surface area contributed by atoms with Crippen LogP contribution in [-0.2, 0) is 56.6 Å². The highest BCUT2D eigenvalue weighted by Crippen LogP contribution is 2.64. The van der Waals surface area contributed by atoms with Crippen molar-refractivity contribution < 1.29 is 58.2 Å². The van der Waals surface area contributed by atoms with E-state index in [1.807, 2.05) is 13.1 Å². The fourth-order valence-electron chi connectivity index (χ4n) is 7.28. The molecule has 1 saturated heterocycles. The third kappa shape index (κ3) is 5.44. The normalized spacial score (nSPS) is 28.2. The molecule has 0 aromatic heterocycles. The number of benzene rings is 1. The molecule has 2 bridgehead atoms. The number of carbonyl (C=O) groups excluding carboxylic acids is 4. The van der Waals surface area contributed by atoms with Crippen molar-refractivity contribution in [2.24, 2.45) is 0 Å². The molecule has 244 valence electrons. The number of aliphatic carboxylic acids is 1. The number of amides is 1. The molecular formula is C31H38N2O12. The molecule has 1 spiro atoms. The molecule has 1 fully saturated rings. The first-order valence-corrected chi connectivity index (χ1v) is 14.9. The Balaban J connectivity index is 1.38. The van der Waals surface area contributed by atoms with Crippen LogP contribution in [0.15, 0.2) is 24.0 Å². The van der Waals surface area contributed by atoms with Crippen LogP contribution in [0.3, 0.4) is 0 Å². The molecular weight excluding hydrogens is 592 g/mol. The Kier molecular flexibility index (Phi) is 8.68. The number of aliphatic hydroxyl groups is 2. The summed E-state index contributed by atoms with van der Waals surface area (Å²) in [5.74, 6) is -4.65. The van der Waals surface area contributed by atoms with E-state index in [9.17, 15) is 34.2 Å². The number of rotatable bonds is 10. The second kappa shape index (κ2) is 12.1. The molecule has 45 heavy (non-hydrogen) atoms. The van der Waals surface area contributed by atoms with Crippen LogP contribution in [0.5, 0.6) is 5.75 Å². The second-order valence-corrected chi connectivity index (χ2v) is 12.2. The zero-order chi connectivity index (χ0) is 32.8. The van der Waals surface area contributed by atoms with Gasteiger partial charge in [0.1, 0.15) is 17.6 Å². The van der Waals surface area contributed by atoms with Crippen molar-refractivity contribution in [3.8, 4) is 5.75 Å². The maximum atomic E-state index is 13.3. The quantitative estimate of drug-likeness (QED) is 0.203. The van der Waals surface area contributed by atoms with Gasteiger partial charge in [0.2, 0.25) is 6.10 Å². The highest BCUT2D eigenvalue weighted by Gasteiger charge is 2.70. The first-order chi connectivity index (χ1) is 21.2. The van der Waals surface area contributed by atoms with Crippen LogP contribution >= 0.6 is 0 Å². The maximum Gasteiger partial charge on any atom is 0.348 e. The molecule has 2 aliphatic heterocycles. The first kappa shape index (κ1) is 32.4. The van der Waals surface area contributed by atoms with E-state index < -0.39 is 71.6 Å². The number of nitrogens with zero attached hydrogens (tertiary/aromatic N) is 1. The zero-order valence-corrected chi connectivity index (χ0v) is 25.5. The molecule has 0 radical (unpaired) electrons. The summed E-state index contributed by atoms with van der Waals surface area (Å²) in [6, 6.07) is 2.26. The summed E-state index contributed by atoms with van der Waals surface area (Å²) in [6.45, 7) is 3.91. The van der Waals surface area contributed by atoms with Crippen molar-refractivity contribution in [2.45, 2.75) is 101 Å². The van der Waals surface area contributed by atoms with Crippen LogP contribution in [0.2, 0.25) is 0 Å². The Morgan fingerprint density at radius 3 is 2.58 bits per heavy atom. The predicted molar refractivity (Wildman–Crippen MR) is 153 cm³/mol. The molecule has 1 aromatic carbocycles. The van der Waals surface area contributed by atoms with Crippen molar-refractivity contribution in [1.82, 2.24) is 10.2 Å². The van der Waals surface area contributed by atoms with Crippen LogP contribution in [0.4, 0.5) is 0 Å². The van der Waals surface area contributed by atoms with Crippen molar-refractivity contribution in [3.63, 3.8) is 0 Å². The van der Waals surface area contributed by atoms with Crippen molar-refractivity contribution in [3.05, 3.63) is 40.7 Å². The highest BCUT2D eigenvalue weighted by molar-refractivity contribution is 5.89. The van der Waals surface area contributed by atoms with Gasteiger partial charge in [0.25, 0.3) is 5.91 Å². The van der Waals surface area contributed by atoms with E-state index in [1.54, 1.807) is 12.1 Å². The molecule has 4 N–H and O–H groups in total. The summed E-state index contributed by atoms with van der Waals surface area (Å²) in [7, 11) is 1.98. The third-order valence-corrected chi connectivity index (χ3v) is 9.40. The van der Waals surface area contributed by atoms with Gasteiger partial charge in [0.15, 0.2) is 12.2 Å². The summed E-state index contributed by atoms with van der Waals surface area (Å²) >= 11 is 0. The number of hydrogen-bond acceptors (Lipinski definition) is 12. The molecule has 4 aliphatic rings. The lowest BCUT2D eigenvalue weighted by atomic mass is 9.52. The van der Waals surface area contributed by atoms with Crippen LogP contribution in [0.25, 0.3) is 0 Å². The Labute approximate surface area is 259 Å². The van der Waals surface area contributed by atoms with Crippen LogP contribution in [-0.4, -0.2) is 99.6 Å². The third-order valence-electron chi connectivity index (χ3n) is 9.40. The monoisotopic (exact) mass is 630 g/mol. The fourth-order valence-corrected chi connectivity index (χ4v) is 7.28. The molecule has 14 nitrogen and oxygen atoms in total. The predicted octanol–water partition coefficient (Wildman–Crippen LogP) is 0.233. The Hall–Kier alpha value is -4.01. The minimum atomic E-state index is -1.76. The molecule has 2 aliphatic carbocycles. The minimum absolute atomic E-state index is 0.131. The van der Waals surface area contributed by atoms with Gasteiger partial charge in [-0.05, 0) is 58.3 Å². The molecule has 2 heterocycles. The van der Waals surface area contributed by atoms with Crippen LogP contribution < -0.4 is 10.1 Å². The van der Waals surface area contributed by atoms with Gasteiger partial charge in [-0.2, -0.15) is 0 Å². The van der Waals surface area contributed by atoms with Crippen molar-refractivity contribution in [1.29, 1.82) is 0 Å². The Morgan fingerprint density at radius 1 is 1.18 bits per heavy atom. The van der Waals surface area contributed by atoms with E-state index in [0.717, 1.165) is 31.0 Å².